The number of anilines is 1. The Bertz CT molecular complexity index is 2050. The Morgan fingerprint density at radius 2 is 1.94 bits per heavy atom. The number of ether oxygens (including phenoxy) is 2. The smallest absolute Gasteiger partial charge is 0.319 e. The molecule has 3 atom stereocenters. The zero-order valence-corrected chi connectivity index (χ0v) is 26.1. The standard InChI is InChI=1S/C37H35FN6O3/c1-4-22-6-5-7-23-12-25(45)13-26(29(22)23)32-31(38)33-30-34(44-18-24-8-9-27(39-24)28(44)10-11-46-35(30)40-32)42-36(41-33)47-19-37-14-20(2)16-43(37)17-21(3)15-37/h1,5-7,12-13,24,27-28,39,45H,2-3,8-11,14-19H2/t24-,27+,28-/m1/s1. The quantitative estimate of drug-likeness (QED) is 0.236. The Balaban J connectivity index is 1.25. The number of rotatable bonds is 4. The minimum Gasteiger partial charge on any atom is -0.508 e. The Morgan fingerprint density at radius 1 is 1.11 bits per heavy atom. The number of benzene rings is 2. The Labute approximate surface area is 272 Å². The zero-order valence-electron chi connectivity index (χ0n) is 26.1. The molecule has 2 aromatic carbocycles. The first-order chi connectivity index (χ1) is 22.8. The fraction of sp³-hybridized carbons (Fsp3) is 0.378. The molecule has 47 heavy (non-hydrogen) atoms. The van der Waals surface area contributed by atoms with Gasteiger partial charge in [-0.2, -0.15) is 9.97 Å². The van der Waals surface area contributed by atoms with Gasteiger partial charge >= 0.3 is 6.01 Å². The van der Waals surface area contributed by atoms with E-state index in [0.717, 1.165) is 62.9 Å². The summed E-state index contributed by atoms with van der Waals surface area (Å²) in [6.07, 6.45) is 10.4. The highest BCUT2D eigenvalue weighted by molar-refractivity contribution is 6.04. The summed E-state index contributed by atoms with van der Waals surface area (Å²) >= 11 is 0. The number of piperazine rings is 1. The van der Waals surface area contributed by atoms with Crippen molar-refractivity contribution in [2.45, 2.75) is 55.8 Å². The molecule has 9 rings (SSSR count). The van der Waals surface area contributed by atoms with Crippen LogP contribution in [0.1, 0.15) is 37.7 Å². The van der Waals surface area contributed by atoms with E-state index < -0.39 is 5.82 Å². The number of nitrogens with zero attached hydrogens (tertiary/aromatic N) is 5. The van der Waals surface area contributed by atoms with E-state index in [4.69, 9.17) is 30.8 Å². The molecule has 0 aliphatic carbocycles. The largest absolute Gasteiger partial charge is 0.508 e. The number of terminal acetylenes is 1. The second-order valence-electron chi connectivity index (χ2n) is 13.8. The van der Waals surface area contributed by atoms with Crippen LogP contribution in [0.3, 0.4) is 0 Å². The van der Waals surface area contributed by atoms with Gasteiger partial charge < -0.3 is 24.8 Å². The first-order valence-corrected chi connectivity index (χ1v) is 16.3. The normalized spacial score (nSPS) is 24.5. The molecule has 2 bridgehead atoms. The lowest BCUT2D eigenvalue weighted by molar-refractivity contribution is 0.108. The van der Waals surface area contributed by atoms with Crippen LogP contribution in [0.4, 0.5) is 10.2 Å². The third-order valence-corrected chi connectivity index (χ3v) is 10.7. The highest BCUT2D eigenvalue weighted by Gasteiger charge is 2.48. The van der Waals surface area contributed by atoms with Gasteiger partial charge in [-0.25, -0.2) is 9.37 Å². The lowest BCUT2D eigenvalue weighted by Crippen LogP contribution is -2.59. The number of hydrogen-bond donors (Lipinski definition) is 2. The molecule has 5 aliphatic rings. The predicted octanol–water partition coefficient (Wildman–Crippen LogP) is 5.10. The van der Waals surface area contributed by atoms with Crippen molar-refractivity contribution in [3.8, 4) is 41.2 Å². The maximum atomic E-state index is 17.2. The predicted molar refractivity (Wildman–Crippen MR) is 178 cm³/mol. The van der Waals surface area contributed by atoms with Crippen LogP contribution in [0.25, 0.3) is 32.9 Å². The summed E-state index contributed by atoms with van der Waals surface area (Å²) in [7, 11) is 0. The van der Waals surface area contributed by atoms with Gasteiger partial charge in [-0.15, -0.1) is 6.42 Å². The highest BCUT2D eigenvalue weighted by Crippen LogP contribution is 2.46. The van der Waals surface area contributed by atoms with Crippen molar-refractivity contribution in [1.82, 2.24) is 25.2 Å². The first kappa shape index (κ1) is 28.5. The molecule has 9 nitrogen and oxygen atoms in total. The van der Waals surface area contributed by atoms with E-state index >= 15 is 4.39 Å². The van der Waals surface area contributed by atoms with E-state index in [9.17, 15) is 5.11 Å². The number of fused-ring (bicyclic) bond motifs is 7. The molecule has 0 spiro atoms. The van der Waals surface area contributed by atoms with Crippen LogP contribution in [0, 0.1) is 18.2 Å². The maximum absolute atomic E-state index is 17.2. The van der Waals surface area contributed by atoms with Crippen LogP contribution in [0.5, 0.6) is 17.6 Å². The van der Waals surface area contributed by atoms with Gasteiger partial charge in [0.1, 0.15) is 34.8 Å². The highest BCUT2D eigenvalue weighted by atomic mass is 19.1. The average Bonchev–Trinajstić information content (AvgIpc) is 3.68. The molecule has 4 aromatic rings. The van der Waals surface area contributed by atoms with E-state index in [1.807, 2.05) is 12.1 Å². The number of aromatic nitrogens is 3. The van der Waals surface area contributed by atoms with E-state index in [2.05, 4.69) is 34.2 Å². The molecule has 2 N–H and O–H groups in total. The lowest BCUT2D eigenvalue weighted by Gasteiger charge is -2.43. The van der Waals surface area contributed by atoms with E-state index in [0.29, 0.717) is 52.4 Å². The minimum atomic E-state index is -0.655. The summed E-state index contributed by atoms with van der Waals surface area (Å²) in [5.41, 5.74) is 3.04. The van der Waals surface area contributed by atoms with E-state index in [-0.39, 0.29) is 46.5 Å². The van der Waals surface area contributed by atoms with Gasteiger partial charge in [-0.05, 0) is 49.3 Å². The summed E-state index contributed by atoms with van der Waals surface area (Å²) < 4.78 is 30.0. The third-order valence-electron chi connectivity index (χ3n) is 10.7. The van der Waals surface area contributed by atoms with Crippen LogP contribution < -0.4 is 19.7 Å². The van der Waals surface area contributed by atoms with E-state index in [1.165, 1.54) is 6.07 Å². The molecule has 7 heterocycles. The molecule has 5 aliphatic heterocycles. The van der Waals surface area contributed by atoms with Crippen LogP contribution in [-0.4, -0.2) is 81.5 Å². The minimum absolute atomic E-state index is 0.00634. The van der Waals surface area contributed by atoms with Gasteiger partial charge in [0, 0.05) is 60.7 Å². The molecular formula is C37H35FN6O3. The van der Waals surface area contributed by atoms with Crippen LogP contribution in [0.2, 0.25) is 0 Å². The maximum Gasteiger partial charge on any atom is 0.319 e. The molecule has 0 unspecified atom stereocenters. The van der Waals surface area contributed by atoms with Crippen molar-refractivity contribution >= 4 is 27.5 Å². The van der Waals surface area contributed by atoms with Gasteiger partial charge in [0.25, 0.3) is 0 Å². The molecule has 2 aromatic heterocycles. The number of phenolic OH excluding ortho intramolecular Hbond substituents is 1. The van der Waals surface area contributed by atoms with Crippen molar-refractivity contribution in [2.24, 2.45) is 0 Å². The van der Waals surface area contributed by atoms with Crippen LogP contribution in [0.15, 0.2) is 54.6 Å². The van der Waals surface area contributed by atoms with Gasteiger partial charge in [0.05, 0.1) is 12.1 Å². The third kappa shape index (κ3) is 4.40. The molecule has 4 saturated heterocycles. The SMILES string of the molecule is C#Cc1cccc2cc(O)cc(-c3nc4c5c(nc(OCC67CC(=C)CN6CC(=C)C7)nc5c3F)N3C[C@H]5CC[C@H](N5)[C@H]3CCO4)c12. The van der Waals surface area contributed by atoms with Gasteiger partial charge in [0.2, 0.25) is 5.88 Å². The van der Waals surface area contributed by atoms with Crippen molar-refractivity contribution in [3.05, 3.63) is 66.0 Å². The Morgan fingerprint density at radius 3 is 2.74 bits per heavy atom. The number of halogens is 1. The van der Waals surface area contributed by atoms with E-state index in [1.54, 1.807) is 12.1 Å². The molecule has 10 heteroatoms. The fourth-order valence-electron chi connectivity index (χ4n) is 8.79. The molecule has 0 amide bonds. The summed E-state index contributed by atoms with van der Waals surface area (Å²) in [5.74, 6) is 2.85. The molecule has 0 saturated carbocycles. The fourth-order valence-corrected chi connectivity index (χ4v) is 8.79. The zero-order chi connectivity index (χ0) is 32.0. The molecule has 238 valence electrons. The average molecular weight is 631 g/mol. The van der Waals surface area contributed by atoms with Crippen molar-refractivity contribution in [3.63, 3.8) is 0 Å². The van der Waals surface area contributed by atoms with Gasteiger partial charge in [-0.3, -0.25) is 4.90 Å². The van der Waals surface area contributed by atoms with Crippen LogP contribution in [-0.2, 0) is 0 Å². The second kappa shape index (κ2) is 10.4. The van der Waals surface area contributed by atoms with Crippen molar-refractivity contribution in [1.29, 1.82) is 0 Å². The topological polar surface area (TPSA) is 95.9 Å². The number of phenols is 1. The Hall–Kier alpha value is -4.72. The second-order valence-corrected chi connectivity index (χ2v) is 13.8. The Kier molecular flexibility index (Phi) is 6.30. The molecular weight excluding hydrogens is 595 g/mol. The molecule has 4 fully saturated rings. The van der Waals surface area contributed by atoms with Gasteiger partial charge in [-0.1, -0.05) is 42.4 Å². The number of aromatic hydroxyl groups is 1. The summed E-state index contributed by atoms with van der Waals surface area (Å²) in [5, 5.41) is 16.2. The number of pyridine rings is 1. The first-order valence-electron chi connectivity index (χ1n) is 16.3. The summed E-state index contributed by atoms with van der Waals surface area (Å²) in [4.78, 5) is 19.2. The van der Waals surface area contributed by atoms with Gasteiger partial charge in [0.15, 0.2) is 5.82 Å². The van der Waals surface area contributed by atoms with Crippen molar-refractivity contribution < 1.29 is 19.0 Å². The van der Waals surface area contributed by atoms with Crippen LogP contribution >= 0.6 is 0 Å². The summed E-state index contributed by atoms with van der Waals surface area (Å²) in [6, 6.07) is 9.36. The number of hydrogen-bond acceptors (Lipinski definition) is 9. The number of nitrogens with one attached hydrogen (secondary N) is 1. The lowest BCUT2D eigenvalue weighted by atomic mass is 9.92. The van der Waals surface area contributed by atoms with Crippen molar-refractivity contribution in [2.75, 3.05) is 37.7 Å². The monoisotopic (exact) mass is 630 g/mol. The molecule has 0 radical (unpaired) electrons. The summed E-state index contributed by atoms with van der Waals surface area (Å²) in [6.45, 7) is 11.6.